The van der Waals surface area contributed by atoms with Crippen molar-refractivity contribution in [2.24, 2.45) is 0 Å². The minimum Gasteiger partial charge on any atom is -0.450 e. The molecule has 10 heteroatoms. The smallest absolute Gasteiger partial charge is 0.409 e. The molecule has 0 unspecified atom stereocenters. The summed E-state index contributed by atoms with van der Waals surface area (Å²) in [5.74, 6) is 0.304. The van der Waals surface area contributed by atoms with Crippen LogP contribution in [-0.4, -0.2) is 64.2 Å². The molecule has 0 bridgehead atoms. The second kappa shape index (κ2) is 11.3. The fourth-order valence-electron chi connectivity index (χ4n) is 4.59. The summed E-state index contributed by atoms with van der Waals surface area (Å²) in [6.45, 7) is 6.52. The Balaban J connectivity index is 1.39. The quantitative estimate of drug-likeness (QED) is 0.411. The van der Waals surface area contributed by atoms with Crippen LogP contribution in [0.1, 0.15) is 28.5 Å². The summed E-state index contributed by atoms with van der Waals surface area (Å²) < 4.78 is 6.64. The lowest BCUT2D eigenvalue weighted by molar-refractivity contribution is 0.0950. The molecule has 2 amide bonds. The molecule has 0 atom stereocenters. The molecule has 0 saturated carbocycles. The van der Waals surface area contributed by atoms with Gasteiger partial charge in [-0.3, -0.25) is 14.2 Å². The number of nitrogens with one attached hydrogen (secondary N) is 1. The molecular weight excluding hydrogens is 496 g/mol. The molecule has 0 aliphatic carbocycles. The van der Waals surface area contributed by atoms with Crippen LogP contribution in [0.4, 0.5) is 10.7 Å². The van der Waals surface area contributed by atoms with E-state index in [1.807, 2.05) is 42.2 Å². The van der Waals surface area contributed by atoms with Crippen LogP contribution in [0, 0.1) is 6.92 Å². The van der Waals surface area contributed by atoms with Gasteiger partial charge in [0.25, 0.3) is 11.5 Å². The van der Waals surface area contributed by atoms with Gasteiger partial charge < -0.3 is 19.9 Å². The van der Waals surface area contributed by atoms with Crippen molar-refractivity contribution in [2.75, 3.05) is 37.7 Å². The van der Waals surface area contributed by atoms with Crippen molar-refractivity contribution in [3.63, 3.8) is 0 Å². The number of fused-ring (bicyclic) bond motifs is 1. The van der Waals surface area contributed by atoms with Crippen molar-refractivity contribution in [1.29, 1.82) is 0 Å². The zero-order valence-electron chi connectivity index (χ0n) is 22.0. The van der Waals surface area contributed by atoms with E-state index in [1.54, 1.807) is 42.2 Å². The summed E-state index contributed by atoms with van der Waals surface area (Å²) in [4.78, 5) is 50.9. The number of anilines is 1. The molecule has 3 heterocycles. The van der Waals surface area contributed by atoms with E-state index in [2.05, 4.69) is 5.32 Å². The molecule has 5 rings (SSSR count). The standard InChI is InChI=1S/C29H30N6O4/c1-3-39-29(38)34-17-15-33(16-18-34)28-31-20(2)24-13-14-25(36)35(26(24)32-28)23-11-9-22(10-12-23)27(37)30-19-21-7-5-4-6-8-21/h4-14H,3,15-19H2,1-2H3,(H,30,37). The molecule has 1 saturated heterocycles. The van der Waals surface area contributed by atoms with Gasteiger partial charge >= 0.3 is 6.09 Å². The molecule has 10 nitrogen and oxygen atoms in total. The largest absolute Gasteiger partial charge is 0.450 e. The van der Waals surface area contributed by atoms with E-state index >= 15 is 0 Å². The summed E-state index contributed by atoms with van der Waals surface area (Å²) in [5.41, 5.74) is 3.10. The van der Waals surface area contributed by atoms with Crippen molar-refractivity contribution in [3.05, 3.63) is 93.9 Å². The molecule has 1 fully saturated rings. The van der Waals surface area contributed by atoms with Crippen LogP contribution in [0.5, 0.6) is 0 Å². The number of aryl methyl sites for hydroxylation is 1. The number of aromatic nitrogens is 3. The zero-order valence-corrected chi connectivity index (χ0v) is 22.0. The number of amides is 2. The fourth-order valence-corrected chi connectivity index (χ4v) is 4.59. The molecule has 0 spiro atoms. The lowest BCUT2D eigenvalue weighted by Crippen LogP contribution is -2.49. The van der Waals surface area contributed by atoms with Crippen LogP contribution in [-0.2, 0) is 11.3 Å². The number of carbonyl (C=O) groups is 2. The third kappa shape index (κ3) is 5.59. The average Bonchev–Trinajstić information content (AvgIpc) is 2.96. The Labute approximate surface area is 225 Å². The molecule has 0 radical (unpaired) electrons. The third-order valence-corrected chi connectivity index (χ3v) is 6.70. The Morgan fingerprint density at radius 1 is 0.923 bits per heavy atom. The van der Waals surface area contributed by atoms with Crippen LogP contribution in [0.25, 0.3) is 16.7 Å². The van der Waals surface area contributed by atoms with Crippen LogP contribution in [0.2, 0.25) is 0 Å². The highest BCUT2D eigenvalue weighted by Crippen LogP contribution is 2.22. The van der Waals surface area contributed by atoms with E-state index in [4.69, 9.17) is 14.7 Å². The van der Waals surface area contributed by atoms with Gasteiger partial charge in [0, 0.05) is 49.7 Å². The zero-order chi connectivity index (χ0) is 27.4. The molecule has 200 valence electrons. The van der Waals surface area contributed by atoms with Gasteiger partial charge in [0.1, 0.15) is 0 Å². The molecule has 1 aliphatic rings. The predicted octanol–water partition coefficient (Wildman–Crippen LogP) is 3.30. The van der Waals surface area contributed by atoms with E-state index in [0.29, 0.717) is 62.2 Å². The molecule has 2 aromatic carbocycles. The van der Waals surface area contributed by atoms with Gasteiger partial charge in [-0.05, 0) is 49.7 Å². The first-order chi connectivity index (χ1) is 18.9. The van der Waals surface area contributed by atoms with E-state index in [1.165, 1.54) is 10.6 Å². The number of benzene rings is 2. The first kappa shape index (κ1) is 25.9. The molecule has 2 aromatic heterocycles. The maximum Gasteiger partial charge on any atom is 0.409 e. The van der Waals surface area contributed by atoms with Gasteiger partial charge in [0.15, 0.2) is 5.65 Å². The molecular formula is C29H30N6O4. The van der Waals surface area contributed by atoms with Crippen molar-refractivity contribution in [2.45, 2.75) is 20.4 Å². The number of nitrogens with zero attached hydrogens (tertiary/aromatic N) is 5. The highest BCUT2D eigenvalue weighted by molar-refractivity contribution is 5.94. The van der Waals surface area contributed by atoms with E-state index in [9.17, 15) is 14.4 Å². The number of piperazine rings is 1. The summed E-state index contributed by atoms with van der Waals surface area (Å²) in [5, 5.41) is 3.68. The molecule has 1 aliphatic heterocycles. The Kier molecular flexibility index (Phi) is 7.53. The number of ether oxygens (including phenoxy) is 1. The Hall–Kier alpha value is -4.73. The van der Waals surface area contributed by atoms with E-state index < -0.39 is 0 Å². The van der Waals surface area contributed by atoms with Gasteiger partial charge in [-0.2, -0.15) is 4.98 Å². The maximum absolute atomic E-state index is 13.0. The first-order valence-corrected chi connectivity index (χ1v) is 12.9. The highest BCUT2D eigenvalue weighted by atomic mass is 16.6. The predicted molar refractivity (Wildman–Crippen MR) is 148 cm³/mol. The van der Waals surface area contributed by atoms with Crippen molar-refractivity contribution >= 4 is 29.0 Å². The van der Waals surface area contributed by atoms with E-state index in [0.717, 1.165) is 16.6 Å². The summed E-state index contributed by atoms with van der Waals surface area (Å²) in [7, 11) is 0. The maximum atomic E-state index is 13.0. The number of rotatable bonds is 6. The second-order valence-electron chi connectivity index (χ2n) is 9.24. The number of carbonyl (C=O) groups excluding carboxylic acids is 2. The van der Waals surface area contributed by atoms with Crippen LogP contribution in [0.3, 0.4) is 0 Å². The van der Waals surface area contributed by atoms with Crippen molar-refractivity contribution in [1.82, 2.24) is 24.8 Å². The minimum absolute atomic E-state index is 0.196. The van der Waals surface area contributed by atoms with Gasteiger partial charge in [-0.15, -0.1) is 0 Å². The summed E-state index contributed by atoms with van der Waals surface area (Å²) in [6, 6.07) is 19.8. The van der Waals surface area contributed by atoms with Crippen molar-refractivity contribution < 1.29 is 14.3 Å². The fraction of sp³-hybridized carbons (Fsp3) is 0.276. The van der Waals surface area contributed by atoms with Crippen molar-refractivity contribution in [3.8, 4) is 5.69 Å². The topological polar surface area (TPSA) is 110 Å². The highest BCUT2D eigenvalue weighted by Gasteiger charge is 2.24. The van der Waals surface area contributed by atoms with Crippen LogP contribution >= 0.6 is 0 Å². The van der Waals surface area contributed by atoms with Crippen LogP contribution < -0.4 is 15.8 Å². The third-order valence-electron chi connectivity index (χ3n) is 6.70. The first-order valence-electron chi connectivity index (χ1n) is 12.9. The summed E-state index contributed by atoms with van der Waals surface area (Å²) >= 11 is 0. The molecule has 39 heavy (non-hydrogen) atoms. The Bertz CT molecular complexity index is 1540. The SMILES string of the molecule is CCOC(=O)N1CCN(c2nc(C)c3ccc(=O)n(-c4ccc(C(=O)NCc5ccccc5)cc4)c3n2)CC1. The van der Waals surface area contributed by atoms with E-state index in [-0.39, 0.29) is 17.6 Å². The number of pyridine rings is 1. The Morgan fingerprint density at radius 3 is 2.33 bits per heavy atom. The number of hydrogen-bond donors (Lipinski definition) is 1. The summed E-state index contributed by atoms with van der Waals surface area (Å²) in [6.07, 6.45) is -0.321. The van der Waals surface area contributed by atoms with Crippen LogP contribution in [0.15, 0.2) is 71.5 Å². The van der Waals surface area contributed by atoms with Gasteiger partial charge in [0.2, 0.25) is 5.95 Å². The molecule has 1 N–H and O–H groups in total. The minimum atomic E-state index is -0.321. The van der Waals surface area contributed by atoms with Gasteiger partial charge in [0.05, 0.1) is 18.0 Å². The lowest BCUT2D eigenvalue weighted by Gasteiger charge is -2.34. The van der Waals surface area contributed by atoms with Gasteiger partial charge in [-0.1, -0.05) is 30.3 Å². The number of hydrogen-bond acceptors (Lipinski definition) is 7. The van der Waals surface area contributed by atoms with Gasteiger partial charge in [-0.25, -0.2) is 9.78 Å². The second-order valence-corrected chi connectivity index (χ2v) is 9.24. The average molecular weight is 527 g/mol. The Morgan fingerprint density at radius 2 is 1.64 bits per heavy atom. The normalized spacial score (nSPS) is 13.4. The lowest BCUT2D eigenvalue weighted by atomic mass is 10.1. The molecule has 4 aromatic rings. The monoisotopic (exact) mass is 526 g/mol.